The van der Waals surface area contributed by atoms with Gasteiger partial charge >= 0.3 is 0 Å². The van der Waals surface area contributed by atoms with Crippen LogP contribution in [0, 0.1) is 0 Å². The van der Waals surface area contributed by atoms with Crippen molar-refractivity contribution in [3.8, 4) is 17.2 Å². The second-order valence-electron chi connectivity index (χ2n) is 4.07. The van der Waals surface area contributed by atoms with Gasteiger partial charge in [0.25, 0.3) is 0 Å². The van der Waals surface area contributed by atoms with Crippen molar-refractivity contribution >= 4 is 0 Å². The Labute approximate surface area is 102 Å². The van der Waals surface area contributed by atoms with E-state index in [0.717, 1.165) is 24.3 Å². The lowest BCUT2D eigenvalue weighted by atomic mass is 10.0. The highest BCUT2D eigenvalue weighted by molar-refractivity contribution is 5.56. The van der Waals surface area contributed by atoms with E-state index < -0.39 is 0 Å². The molecule has 2 rings (SSSR count). The molecule has 1 aliphatic heterocycles. The van der Waals surface area contributed by atoms with Crippen LogP contribution in [-0.2, 0) is 0 Å². The van der Waals surface area contributed by atoms with Crippen LogP contribution in [0.2, 0.25) is 0 Å². The Morgan fingerprint density at radius 1 is 1.06 bits per heavy atom. The SMILES string of the molecule is COc1ccc([C@H]2CCCN2)c(OC)c1OC. The molecule has 94 valence electrons. The molecule has 1 aliphatic rings. The molecule has 4 nitrogen and oxygen atoms in total. The molecule has 0 amide bonds. The van der Waals surface area contributed by atoms with Gasteiger partial charge in [0, 0.05) is 11.6 Å². The molecule has 1 aromatic rings. The largest absolute Gasteiger partial charge is 0.493 e. The molecule has 0 radical (unpaired) electrons. The number of benzene rings is 1. The van der Waals surface area contributed by atoms with Crippen molar-refractivity contribution in [3.63, 3.8) is 0 Å². The van der Waals surface area contributed by atoms with Crippen molar-refractivity contribution in [3.05, 3.63) is 17.7 Å². The zero-order valence-corrected chi connectivity index (χ0v) is 10.6. The molecule has 0 bridgehead atoms. The maximum atomic E-state index is 5.48. The van der Waals surface area contributed by atoms with E-state index in [-0.39, 0.29) is 0 Å². The first-order valence-corrected chi connectivity index (χ1v) is 5.84. The summed E-state index contributed by atoms with van der Waals surface area (Å²) in [5.41, 5.74) is 1.14. The van der Waals surface area contributed by atoms with Crippen LogP contribution >= 0.6 is 0 Å². The Morgan fingerprint density at radius 2 is 1.82 bits per heavy atom. The Hall–Kier alpha value is -1.42. The maximum absolute atomic E-state index is 5.48. The van der Waals surface area contributed by atoms with E-state index >= 15 is 0 Å². The minimum absolute atomic E-state index is 0.352. The van der Waals surface area contributed by atoms with Gasteiger partial charge in [0.1, 0.15) is 0 Å². The first-order chi connectivity index (χ1) is 8.31. The fraction of sp³-hybridized carbons (Fsp3) is 0.538. The average Bonchev–Trinajstić information content (AvgIpc) is 2.90. The third-order valence-electron chi connectivity index (χ3n) is 3.17. The summed E-state index contributed by atoms with van der Waals surface area (Å²) in [5, 5.41) is 3.46. The molecule has 1 atom stereocenters. The van der Waals surface area contributed by atoms with Crippen molar-refractivity contribution in [2.45, 2.75) is 18.9 Å². The number of rotatable bonds is 4. The van der Waals surface area contributed by atoms with Crippen molar-refractivity contribution < 1.29 is 14.2 Å². The highest BCUT2D eigenvalue weighted by Gasteiger charge is 2.24. The van der Waals surface area contributed by atoms with Crippen LogP contribution in [0.5, 0.6) is 17.2 Å². The highest BCUT2D eigenvalue weighted by Crippen LogP contribution is 2.43. The molecule has 0 unspecified atom stereocenters. The van der Waals surface area contributed by atoms with Gasteiger partial charge in [0.05, 0.1) is 21.3 Å². The summed E-state index contributed by atoms with van der Waals surface area (Å²) in [7, 11) is 4.92. The maximum Gasteiger partial charge on any atom is 0.203 e. The summed E-state index contributed by atoms with van der Waals surface area (Å²) in [5.74, 6) is 2.14. The van der Waals surface area contributed by atoms with E-state index in [0.29, 0.717) is 17.5 Å². The molecule has 1 N–H and O–H groups in total. The standard InChI is InChI=1S/C13H19NO3/c1-15-11-7-6-9(10-5-4-8-14-10)12(16-2)13(11)17-3/h6-7,10,14H,4-5,8H2,1-3H3/t10-/m1/s1. The first-order valence-electron chi connectivity index (χ1n) is 5.84. The molecular formula is C13H19NO3. The Kier molecular flexibility index (Phi) is 3.74. The normalized spacial score (nSPS) is 19.1. The van der Waals surface area contributed by atoms with E-state index in [1.807, 2.05) is 12.1 Å². The van der Waals surface area contributed by atoms with Gasteiger partial charge in [-0.3, -0.25) is 0 Å². The van der Waals surface area contributed by atoms with Gasteiger partial charge in [0.15, 0.2) is 11.5 Å². The molecule has 17 heavy (non-hydrogen) atoms. The van der Waals surface area contributed by atoms with E-state index in [1.54, 1.807) is 21.3 Å². The van der Waals surface area contributed by atoms with E-state index in [1.165, 1.54) is 6.42 Å². The molecule has 1 aromatic carbocycles. The third-order valence-corrected chi connectivity index (χ3v) is 3.17. The van der Waals surface area contributed by atoms with Crippen LogP contribution in [-0.4, -0.2) is 27.9 Å². The van der Waals surface area contributed by atoms with E-state index in [4.69, 9.17) is 14.2 Å². The van der Waals surface area contributed by atoms with Crippen molar-refractivity contribution in [1.82, 2.24) is 5.32 Å². The highest BCUT2D eigenvalue weighted by atomic mass is 16.5. The van der Waals surface area contributed by atoms with Gasteiger partial charge < -0.3 is 19.5 Å². The monoisotopic (exact) mass is 237 g/mol. The molecule has 1 saturated heterocycles. The van der Waals surface area contributed by atoms with Crippen molar-refractivity contribution in [2.75, 3.05) is 27.9 Å². The Bertz CT molecular complexity index is 386. The number of hydrogen-bond donors (Lipinski definition) is 1. The Balaban J connectivity index is 2.44. The topological polar surface area (TPSA) is 39.7 Å². The quantitative estimate of drug-likeness (QED) is 0.871. The average molecular weight is 237 g/mol. The minimum Gasteiger partial charge on any atom is -0.493 e. The summed E-state index contributed by atoms with van der Waals surface area (Å²) >= 11 is 0. The summed E-state index contributed by atoms with van der Waals surface area (Å²) in [6, 6.07) is 4.32. The van der Waals surface area contributed by atoms with Crippen LogP contribution < -0.4 is 19.5 Å². The van der Waals surface area contributed by atoms with Gasteiger partial charge in [-0.05, 0) is 31.5 Å². The third kappa shape index (κ3) is 2.17. The lowest BCUT2D eigenvalue weighted by molar-refractivity contribution is 0.320. The van der Waals surface area contributed by atoms with Gasteiger partial charge in [-0.15, -0.1) is 0 Å². The summed E-state index contributed by atoms with van der Waals surface area (Å²) in [4.78, 5) is 0. The predicted molar refractivity (Wildman–Crippen MR) is 66.1 cm³/mol. The lowest BCUT2D eigenvalue weighted by Gasteiger charge is -2.19. The molecule has 0 saturated carbocycles. The summed E-state index contributed by atoms with van der Waals surface area (Å²) in [6.07, 6.45) is 2.33. The second-order valence-corrected chi connectivity index (χ2v) is 4.07. The number of hydrogen-bond acceptors (Lipinski definition) is 4. The van der Waals surface area contributed by atoms with Gasteiger partial charge in [0.2, 0.25) is 5.75 Å². The molecule has 0 spiro atoms. The molecule has 4 heteroatoms. The zero-order valence-electron chi connectivity index (χ0n) is 10.6. The van der Waals surface area contributed by atoms with Crippen LogP contribution in [0.1, 0.15) is 24.4 Å². The molecular weight excluding hydrogens is 218 g/mol. The summed E-state index contributed by atoms with van der Waals surface area (Å²) in [6.45, 7) is 1.06. The predicted octanol–water partition coefficient (Wildman–Crippen LogP) is 2.14. The fourth-order valence-corrected chi connectivity index (χ4v) is 2.35. The van der Waals surface area contributed by atoms with Gasteiger partial charge in [-0.2, -0.15) is 0 Å². The van der Waals surface area contributed by atoms with Crippen molar-refractivity contribution in [2.24, 2.45) is 0 Å². The zero-order chi connectivity index (χ0) is 12.3. The van der Waals surface area contributed by atoms with Gasteiger partial charge in [-0.1, -0.05) is 0 Å². The molecule has 1 fully saturated rings. The number of methoxy groups -OCH3 is 3. The van der Waals surface area contributed by atoms with Crippen LogP contribution in [0.4, 0.5) is 0 Å². The second kappa shape index (κ2) is 5.27. The molecule has 0 aromatic heterocycles. The molecule has 0 aliphatic carbocycles. The number of ether oxygens (including phenoxy) is 3. The van der Waals surface area contributed by atoms with Crippen molar-refractivity contribution in [1.29, 1.82) is 0 Å². The fourth-order valence-electron chi connectivity index (χ4n) is 2.35. The van der Waals surface area contributed by atoms with E-state index in [2.05, 4.69) is 5.32 Å². The van der Waals surface area contributed by atoms with Crippen LogP contribution in [0.15, 0.2) is 12.1 Å². The number of nitrogens with one attached hydrogen (secondary N) is 1. The Morgan fingerprint density at radius 3 is 2.35 bits per heavy atom. The minimum atomic E-state index is 0.352. The van der Waals surface area contributed by atoms with Crippen LogP contribution in [0.25, 0.3) is 0 Å². The van der Waals surface area contributed by atoms with Gasteiger partial charge in [-0.25, -0.2) is 0 Å². The van der Waals surface area contributed by atoms with E-state index in [9.17, 15) is 0 Å². The summed E-state index contributed by atoms with van der Waals surface area (Å²) < 4.78 is 16.1. The first kappa shape index (κ1) is 12.0. The lowest BCUT2D eigenvalue weighted by Crippen LogP contribution is -2.14. The van der Waals surface area contributed by atoms with Crippen LogP contribution in [0.3, 0.4) is 0 Å². The smallest absolute Gasteiger partial charge is 0.203 e. The molecule has 1 heterocycles.